The summed E-state index contributed by atoms with van der Waals surface area (Å²) >= 11 is 5.93. The molecule has 1 aliphatic heterocycles. The predicted molar refractivity (Wildman–Crippen MR) is 124 cm³/mol. The highest BCUT2D eigenvalue weighted by Gasteiger charge is 2.36. The molecule has 1 saturated heterocycles. The van der Waals surface area contributed by atoms with Crippen LogP contribution in [0.2, 0.25) is 5.02 Å². The molecule has 0 saturated carbocycles. The molecule has 3 aromatic rings. The molecule has 0 unspecified atom stereocenters. The first-order valence-corrected chi connectivity index (χ1v) is 11.2. The molecule has 1 fully saturated rings. The zero-order valence-corrected chi connectivity index (χ0v) is 19.7. The largest absolute Gasteiger partial charge is 0.497 e. The van der Waals surface area contributed by atoms with Gasteiger partial charge in [0.25, 0.3) is 5.91 Å². The van der Waals surface area contributed by atoms with Crippen molar-refractivity contribution in [2.24, 2.45) is 0 Å². The summed E-state index contributed by atoms with van der Waals surface area (Å²) in [5.74, 6) is 2.43. The third kappa shape index (κ3) is 5.64. The number of halogens is 1. The fraction of sp³-hybridized carbons (Fsp3) is 0.375. The zero-order chi connectivity index (χ0) is 23.4. The van der Waals surface area contributed by atoms with E-state index in [1.807, 2.05) is 29.2 Å². The second-order valence-electron chi connectivity index (χ2n) is 8.37. The normalized spacial score (nSPS) is 14.8. The van der Waals surface area contributed by atoms with Crippen molar-refractivity contribution in [3.63, 3.8) is 0 Å². The van der Waals surface area contributed by atoms with Crippen molar-refractivity contribution in [3.05, 3.63) is 59.4 Å². The second kappa shape index (κ2) is 9.80. The molecule has 1 aromatic heterocycles. The van der Waals surface area contributed by atoms with Crippen molar-refractivity contribution < 1.29 is 18.8 Å². The summed E-state index contributed by atoms with van der Waals surface area (Å²) in [6.45, 7) is 6.74. The van der Waals surface area contributed by atoms with Gasteiger partial charge in [0.05, 0.1) is 13.7 Å². The summed E-state index contributed by atoms with van der Waals surface area (Å²) in [4.78, 5) is 21.6. The molecule has 0 radical (unpaired) electrons. The topological polar surface area (TPSA) is 80.9 Å². The molecule has 2 aromatic carbocycles. The van der Waals surface area contributed by atoms with Crippen molar-refractivity contribution in [3.8, 4) is 22.9 Å². The lowest BCUT2D eigenvalue weighted by Gasteiger charge is -2.38. The van der Waals surface area contributed by atoms with Crippen LogP contribution in [0.25, 0.3) is 11.4 Å². The van der Waals surface area contributed by atoms with E-state index in [2.05, 4.69) is 15.0 Å². The van der Waals surface area contributed by atoms with Crippen LogP contribution < -0.4 is 9.47 Å². The Morgan fingerprint density at radius 3 is 2.30 bits per heavy atom. The first-order valence-electron chi connectivity index (χ1n) is 10.8. The van der Waals surface area contributed by atoms with Gasteiger partial charge in [0.15, 0.2) is 5.60 Å². The number of aromatic nitrogens is 2. The molecule has 0 atom stereocenters. The van der Waals surface area contributed by atoms with Crippen molar-refractivity contribution in [1.29, 1.82) is 0 Å². The van der Waals surface area contributed by atoms with E-state index in [1.54, 1.807) is 45.2 Å². The summed E-state index contributed by atoms with van der Waals surface area (Å²) in [6, 6.07) is 14.5. The molecule has 0 aliphatic carbocycles. The van der Waals surface area contributed by atoms with Crippen molar-refractivity contribution in [2.45, 2.75) is 26.0 Å². The minimum absolute atomic E-state index is 0.0447. The summed E-state index contributed by atoms with van der Waals surface area (Å²) in [5, 5.41) is 4.71. The predicted octanol–water partition coefficient (Wildman–Crippen LogP) is 3.90. The Morgan fingerprint density at radius 2 is 1.67 bits per heavy atom. The highest BCUT2D eigenvalue weighted by molar-refractivity contribution is 6.30. The molecule has 33 heavy (non-hydrogen) atoms. The maximum atomic E-state index is 13.1. The number of ether oxygens (including phenoxy) is 2. The van der Waals surface area contributed by atoms with Gasteiger partial charge in [-0.05, 0) is 62.4 Å². The van der Waals surface area contributed by atoms with E-state index in [0.717, 1.165) is 11.3 Å². The Morgan fingerprint density at radius 1 is 1.03 bits per heavy atom. The van der Waals surface area contributed by atoms with Gasteiger partial charge in [-0.2, -0.15) is 4.98 Å². The lowest BCUT2D eigenvalue weighted by Crippen LogP contribution is -2.55. The van der Waals surface area contributed by atoms with Gasteiger partial charge < -0.3 is 18.9 Å². The summed E-state index contributed by atoms with van der Waals surface area (Å²) in [7, 11) is 1.63. The van der Waals surface area contributed by atoms with Gasteiger partial charge in [-0.3, -0.25) is 9.69 Å². The number of methoxy groups -OCH3 is 1. The SMILES string of the molecule is COc1ccc(-c2noc(CN3CCN(C(=O)C(C)(C)Oc4ccc(Cl)cc4)CC3)n2)cc1. The molecule has 1 amide bonds. The number of amides is 1. The standard InChI is InChI=1S/C24H27ClN4O4/c1-24(2,32-20-10-6-18(25)7-11-20)23(30)29-14-12-28(13-15-29)16-21-26-22(27-33-21)17-4-8-19(31-3)9-5-17/h4-11H,12-16H2,1-3H3. The van der Waals surface area contributed by atoms with Crippen LogP contribution in [0, 0.1) is 0 Å². The Kier molecular flexibility index (Phi) is 6.85. The third-order valence-electron chi connectivity index (χ3n) is 5.54. The first-order chi connectivity index (χ1) is 15.8. The van der Waals surface area contributed by atoms with Crippen LogP contribution in [0.3, 0.4) is 0 Å². The quantitative estimate of drug-likeness (QED) is 0.518. The zero-order valence-electron chi connectivity index (χ0n) is 19.0. The lowest BCUT2D eigenvalue weighted by atomic mass is 10.1. The summed E-state index contributed by atoms with van der Waals surface area (Å²) in [6.07, 6.45) is 0. The Labute approximate surface area is 198 Å². The van der Waals surface area contributed by atoms with Gasteiger partial charge in [-0.25, -0.2) is 0 Å². The fourth-order valence-corrected chi connectivity index (χ4v) is 3.82. The number of nitrogens with zero attached hydrogens (tertiary/aromatic N) is 4. The molecule has 0 bridgehead atoms. The summed E-state index contributed by atoms with van der Waals surface area (Å²) < 4.78 is 16.6. The molecule has 174 valence electrons. The second-order valence-corrected chi connectivity index (χ2v) is 8.81. The Balaban J connectivity index is 1.30. The molecule has 0 spiro atoms. The number of hydrogen-bond donors (Lipinski definition) is 0. The van der Waals surface area contributed by atoms with Gasteiger partial charge in [0.2, 0.25) is 11.7 Å². The van der Waals surface area contributed by atoms with E-state index in [4.69, 9.17) is 25.6 Å². The molecule has 8 nitrogen and oxygen atoms in total. The van der Waals surface area contributed by atoms with Crippen LogP contribution in [-0.2, 0) is 11.3 Å². The monoisotopic (exact) mass is 470 g/mol. The van der Waals surface area contributed by atoms with Crippen LogP contribution in [0.5, 0.6) is 11.5 Å². The first kappa shape index (κ1) is 23.1. The number of hydrogen-bond acceptors (Lipinski definition) is 7. The Bertz CT molecular complexity index is 1070. The van der Waals surface area contributed by atoms with Gasteiger partial charge in [-0.1, -0.05) is 16.8 Å². The number of piperazine rings is 1. The number of carbonyl (C=O) groups excluding carboxylic acids is 1. The fourth-order valence-electron chi connectivity index (χ4n) is 3.70. The maximum absolute atomic E-state index is 13.1. The van der Waals surface area contributed by atoms with E-state index < -0.39 is 5.60 Å². The minimum Gasteiger partial charge on any atom is -0.497 e. The lowest BCUT2D eigenvalue weighted by molar-refractivity contribution is -0.147. The van der Waals surface area contributed by atoms with Crippen LogP contribution >= 0.6 is 11.6 Å². The average molecular weight is 471 g/mol. The van der Waals surface area contributed by atoms with Crippen molar-refractivity contribution in [2.75, 3.05) is 33.3 Å². The molecule has 4 rings (SSSR count). The van der Waals surface area contributed by atoms with E-state index in [1.165, 1.54) is 0 Å². The van der Waals surface area contributed by atoms with E-state index in [-0.39, 0.29) is 5.91 Å². The van der Waals surface area contributed by atoms with Crippen LogP contribution in [0.4, 0.5) is 0 Å². The molecular weight excluding hydrogens is 444 g/mol. The molecule has 1 aliphatic rings. The van der Waals surface area contributed by atoms with Gasteiger partial charge >= 0.3 is 0 Å². The maximum Gasteiger partial charge on any atom is 0.266 e. The van der Waals surface area contributed by atoms with Gasteiger partial charge in [0, 0.05) is 36.8 Å². The van der Waals surface area contributed by atoms with E-state index in [9.17, 15) is 4.79 Å². The molecular formula is C24H27ClN4O4. The van der Waals surface area contributed by atoms with Crippen molar-refractivity contribution >= 4 is 17.5 Å². The minimum atomic E-state index is -0.976. The third-order valence-corrected chi connectivity index (χ3v) is 5.79. The Hall–Kier alpha value is -3.10. The molecule has 9 heteroatoms. The van der Waals surface area contributed by atoms with Crippen LogP contribution in [0.1, 0.15) is 19.7 Å². The molecule has 0 N–H and O–H groups in total. The van der Waals surface area contributed by atoms with Crippen LogP contribution in [-0.4, -0.2) is 64.7 Å². The molecule has 2 heterocycles. The highest BCUT2D eigenvalue weighted by Crippen LogP contribution is 2.24. The van der Waals surface area contributed by atoms with E-state index in [0.29, 0.717) is 55.2 Å². The smallest absolute Gasteiger partial charge is 0.266 e. The van der Waals surface area contributed by atoms with Crippen molar-refractivity contribution in [1.82, 2.24) is 19.9 Å². The van der Waals surface area contributed by atoms with E-state index >= 15 is 0 Å². The van der Waals surface area contributed by atoms with Gasteiger partial charge in [0.1, 0.15) is 11.5 Å². The van der Waals surface area contributed by atoms with Gasteiger partial charge in [-0.15, -0.1) is 0 Å². The van der Waals surface area contributed by atoms with Crippen LogP contribution in [0.15, 0.2) is 53.1 Å². The number of rotatable bonds is 7. The summed E-state index contributed by atoms with van der Waals surface area (Å²) in [5.41, 5.74) is -0.111. The average Bonchev–Trinajstić information content (AvgIpc) is 3.29. The number of benzene rings is 2. The highest BCUT2D eigenvalue weighted by atomic mass is 35.5. The number of carbonyl (C=O) groups is 1.